The quantitative estimate of drug-likeness (QED) is 0.884. The molecule has 1 N–H and O–H groups in total. The topological polar surface area (TPSA) is 29.5 Å². The summed E-state index contributed by atoms with van der Waals surface area (Å²) in [7, 11) is 1.64. The van der Waals surface area contributed by atoms with Crippen LogP contribution in [0.25, 0.3) is 0 Å². The maximum atomic E-state index is 10.2. The smallest absolute Gasteiger partial charge is 0.119 e. The Morgan fingerprint density at radius 2 is 2.12 bits per heavy atom. The Balaban J connectivity index is 2.34. The van der Waals surface area contributed by atoms with Crippen LogP contribution in [0.4, 0.5) is 0 Å². The van der Waals surface area contributed by atoms with Gasteiger partial charge in [0.15, 0.2) is 0 Å². The molecule has 0 aliphatic rings. The highest BCUT2D eigenvalue weighted by molar-refractivity contribution is 7.10. The number of rotatable bonds is 3. The molecule has 0 saturated carbocycles. The maximum absolute atomic E-state index is 10.2. The van der Waals surface area contributed by atoms with E-state index in [-0.39, 0.29) is 0 Å². The zero-order valence-electron chi connectivity index (χ0n) is 9.31. The molecule has 0 aliphatic heterocycles. The summed E-state index contributed by atoms with van der Waals surface area (Å²) in [4.78, 5) is 0.966. The second kappa shape index (κ2) is 4.68. The molecular formula is C13H14O2S. The summed E-state index contributed by atoms with van der Waals surface area (Å²) < 4.78 is 5.14. The zero-order valence-corrected chi connectivity index (χ0v) is 10.1. The van der Waals surface area contributed by atoms with E-state index in [1.807, 2.05) is 42.6 Å². The first-order chi connectivity index (χ1) is 7.72. The molecule has 0 unspecified atom stereocenters. The number of hydrogen-bond acceptors (Lipinski definition) is 3. The lowest BCUT2D eigenvalue weighted by atomic mass is 10.0. The third-order valence-corrected chi connectivity index (χ3v) is 3.51. The standard InChI is InChI=1S/C13H14O2S/c1-9-8-10(15-2)5-6-11(9)13(14)12-4-3-7-16-12/h3-8,13-14H,1-2H3/t13-/m0/s1. The van der Waals surface area contributed by atoms with Crippen LogP contribution in [0.15, 0.2) is 35.7 Å². The summed E-state index contributed by atoms with van der Waals surface area (Å²) in [6.45, 7) is 1.98. The second-order valence-electron chi connectivity index (χ2n) is 3.64. The average molecular weight is 234 g/mol. The Morgan fingerprint density at radius 1 is 1.31 bits per heavy atom. The molecule has 84 valence electrons. The minimum absolute atomic E-state index is 0.536. The predicted octanol–water partition coefficient (Wildman–Crippen LogP) is 3.15. The van der Waals surface area contributed by atoms with Crippen molar-refractivity contribution in [3.8, 4) is 5.75 Å². The molecule has 1 aromatic carbocycles. The second-order valence-corrected chi connectivity index (χ2v) is 4.62. The van der Waals surface area contributed by atoms with E-state index in [4.69, 9.17) is 4.74 Å². The number of aliphatic hydroxyl groups is 1. The van der Waals surface area contributed by atoms with Gasteiger partial charge in [0.25, 0.3) is 0 Å². The highest BCUT2D eigenvalue weighted by atomic mass is 32.1. The molecule has 0 radical (unpaired) electrons. The van der Waals surface area contributed by atoms with Crippen LogP contribution >= 0.6 is 11.3 Å². The van der Waals surface area contributed by atoms with Crippen molar-refractivity contribution in [3.63, 3.8) is 0 Å². The molecule has 16 heavy (non-hydrogen) atoms. The van der Waals surface area contributed by atoms with Crippen LogP contribution in [0.1, 0.15) is 22.1 Å². The van der Waals surface area contributed by atoms with Crippen molar-refractivity contribution in [1.82, 2.24) is 0 Å². The molecule has 1 heterocycles. The molecule has 0 bridgehead atoms. The normalized spacial score (nSPS) is 12.4. The number of thiophene rings is 1. The van der Waals surface area contributed by atoms with Crippen LogP contribution < -0.4 is 4.74 Å². The first-order valence-corrected chi connectivity index (χ1v) is 5.96. The molecule has 0 amide bonds. The molecule has 1 atom stereocenters. The Bertz CT molecular complexity index is 463. The third kappa shape index (κ3) is 2.10. The van der Waals surface area contributed by atoms with E-state index in [0.29, 0.717) is 0 Å². The van der Waals surface area contributed by atoms with Gasteiger partial charge >= 0.3 is 0 Å². The van der Waals surface area contributed by atoms with Gasteiger partial charge in [-0.25, -0.2) is 0 Å². The maximum Gasteiger partial charge on any atom is 0.119 e. The van der Waals surface area contributed by atoms with Crippen molar-refractivity contribution < 1.29 is 9.84 Å². The Morgan fingerprint density at radius 3 is 2.69 bits per heavy atom. The summed E-state index contributed by atoms with van der Waals surface area (Å²) in [5.74, 6) is 0.819. The molecule has 0 fully saturated rings. The van der Waals surface area contributed by atoms with Gasteiger partial charge in [-0.15, -0.1) is 11.3 Å². The van der Waals surface area contributed by atoms with Crippen molar-refractivity contribution in [3.05, 3.63) is 51.7 Å². The molecule has 2 rings (SSSR count). The zero-order chi connectivity index (χ0) is 11.5. The van der Waals surface area contributed by atoms with Gasteiger partial charge in [-0.3, -0.25) is 0 Å². The lowest BCUT2D eigenvalue weighted by Crippen LogP contribution is -2.00. The summed E-state index contributed by atoms with van der Waals surface area (Å²) in [5, 5.41) is 12.2. The number of methoxy groups -OCH3 is 1. The molecule has 0 saturated heterocycles. The molecule has 1 aromatic heterocycles. The van der Waals surface area contributed by atoms with Gasteiger partial charge in [0.1, 0.15) is 11.9 Å². The number of benzene rings is 1. The van der Waals surface area contributed by atoms with E-state index in [2.05, 4.69) is 0 Å². The highest BCUT2D eigenvalue weighted by Gasteiger charge is 2.13. The number of aryl methyl sites for hydroxylation is 1. The van der Waals surface area contributed by atoms with Crippen LogP contribution in [0.3, 0.4) is 0 Å². The Kier molecular flexibility index (Phi) is 3.27. The largest absolute Gasteiger partial charge is 0.497 e. The van der Waals surface area contributed by atoms with E-state index in [9.17, 15) is 5.11 Å². The Labute approximate surface area is 99.1 Å². The van der Waals surface area contributed by atoms with Crippen LogP contribution in [0.2, 0.25) is 0 Å². The van der Waals surface area contributed by atoms with Gasteiger partial charge in [-0.1, -0.05) is 12.1 Å². The van der Waals surface area contributed by atoms with E-state index >= 15 is 0 Å². The van der Waals surface area contributed by atoms with Gasteiger partial charge in [0.2, 0.25) is 0 Å². The highest BCUT2D eigenvalue weighted by Crippen LogP contribution is 2.29. The SMILES string of the molecule is COc1ccc([C@H](O)c2cccs2)c(C)c1. The van der Waals surface area contributed by atoms with Crippen molar-refractivity contribution in [2.75, 3.05) is 7.11 Å². The Hall–Kier alpha value is -1.32. The van der Waals surface area contributed by atoms with E-state index in [1.165, 1.54) is 0 Å². The predicted molar refractivity (Wildman–Crippen MR) is 66.1 cm³/mol. The summed E-state index contributed by atoms with van der Waals surface area (Å²) in [6.07, 6.45) is -0.536. The minimum Gasteiger partial charge on any atom is -0.497 e. The van der Waals surface area contributed by atoms with E-state index in [0.717, 1.165) is 21.8 Å². The summed E-state index contributed by atoms with van der Waals surface area (Å²) >= 11 is 1.56. The fourth-order valence-corrected chi connectivity index (χ4v) is 2.41. The summed E-state index contributed by atoms with van der Waals surface area (Å²) in [5.41, 5.74) is 1.98. The first-order valence-electron chi connectivity index (χ1n) is 5.08. The molecule has 2 nitrogen and oxygen atoms in total. The molecule has 0 aliphatic carbocycles. The van der Waals surface area contributed by atoms with Gasteiger partial charge < -0.3 is 9.84 Å². The van der Waals surface area contributed by atoms with Crippen molar-refractivity contribution >= 4 is 11.3 Å². The number of hydrogen-bond donors (Lipinski definition) is 1. The minimum atomic E-state index is -0.536. The average Bonchev–Trinajstić information content (AvgIpc) is 2.81. The first kappa shape index (κ1) is 11.2. The molecular weight excluding hydrogens is 220 g/mol. The van der Waals surface area contributed by atoms with Crippen LogP contribution in [-0.2, 0) is 0 Å². The molecule has 3 heteroatoms. The van der Waals surface area contributed by atoms with Crippen molar-refractivity contribution in [2.45, 2.75) is 13.0 Å². The summed E-state index contributed by atoms with van der Waals surface area (Å²) in [6, 6.07) is 9.62. The van der Waals surface area contributed by atoms with Crippen molar-refractivity contribution in [2.24, 2.45) is 0 Å². The van der Waals surface area contributed by atoms with E-state index in [1.54, 1.807) is 18.4 Å². The monoisotopic (exact) mass is 234 g/mol. The fourth-order valence-electron chi connectivity index (χ4n) is 1.68. The lowest BCUT2D eigenvalue weighted by molar-refractivity contribution is 0.223. The van der Waals surface area contributed by atoms with Gasteiger partial charge in [0, 0.05) is 4.88 Å². The van der Waals surface area contributed by atoms with Crippen LogP contribution in [0.5, 0.6) is 5.75 Å². The van der Waals surface area contributed by atoms with Crippen LogP contribution in [0, 0.1) is 6.92 Å². The molecule has 0 spiro atoms. The van der Waals surface area contributed by atoms with Gasteiger partial charge in [-0.05, 0) is 41.6 Å². The van der Waals surface area contributed by atoms with Crippen molar-refractivity contribution in [1.29, 1.82) is 0 Å². The molecule has 2 aromatic rings. The van der Waals surface area contributed by atoms with E-state index < -0.39 is 6.10 Å². The number of aliphatic hydroxyl groups excluding tert-OH is 1. The van der Waals surface area contributed by atoms with Gasteiger partial charge in [-0.2, -0.15) is 0 Å². The van der Waals surface area contributed by atoms with Gasteiger partial charge in [0.05, 0.1) is 7.11 Å². The van der Waals surface area contributed by atoms with Crippen LogP contribution in [-0.4, -0.2) is 12.2 Å². The third-order valence-electron chi connectivity index (χ3n) is 2.58. The fraction of sp³-hybridized carbons (Fsp3) is 0.231. The number of ether oxygens (including phenoxy) is 1. The lowest BCUT2D eigenvalue weighted by Gasteiger charge is -2.13.